The van der Waals surface area contributed by atoms with E-state index in [-0.39, 0.29) is 0 Å². The van der Waals surface area contributed by atoms with Crippen molar-refractivity contribution in [1.82, 2.24) is 9.55 Å². The standard InChI is InChI=1S/C11H18N2S2/c1-3-9-7-12-10(14)13(9)8-11(15-2)5-4-6-11/h7H,3-6,8H2,1-2H3,(H,12,14). The molecule has 0 aliphatic heterocycles. The Bertz CT molecular complexity index is 382. The first-order chi connectivity index (χ1) is 7.21. The molecule has 15 heavy (non-hydrogen) atoms. The fraction of sp³-hybridized carbons (Fsp3) is 0.727. The first-order valence-electron chi connectivity index (χ1n) is 5.53. The third-order valence-electron chi connectivity index (χ3n) is 3.46. The number of hydrogen-bond donors (Lipinski definition) is 1. The Morgan fingerprint density at radius 3 is 2.80 bits per heavy atom. The molecule has 1 N–H and O–H groups in total. The minimum absolute atomic E-state index is 0.463. The molecule has 0 amide bonds. The van der Waals surface area contributed by atoms with Gasteiger partial charge in [-0.25, -0.2) is 0 Å². The minimum Gasteiger partial charge on any atom is -0.337 e. The van der Waals surface area contributed by atoms with Crippen LogP contribution in [0.15, 0.2) is 6.20 Å². The maximum atomic E-state index is 5.33. The van der Waals surface area contributed by atoms with Crippen LogP contribution >= 0.6 is 24.0 Å². The number of imidazole rings is 1. The fourth-order valence-electron chi connectivity index (χ4n) is 2.18. The summed E-state index contributed by atoms with van der Waals surface area (Å²) < 4.78 is 3.63. The number of rotatable bonds is 4. The van der Waals surface area contributed by atoms with Crippen molar-refractivity contribution in [1.29, 1.82) is 0 Å². The summed E-state index contributed by atoms with van der Waals surface area (Å²) >= 11 is 7.33. The fourth-order valence-corrected chi connectivity index (χ4v) is 3.38. The zero-order chi connectivity index (χ0) is 10.9. The zero-order valence-corrected chi connectivity index (χ0v) is 11.0. The van der Waals surface area contributed by atoms with Crippen LogP contribution in [0.2, 0.25) is 0 Å². The van der Waals surface area contributed by atoms with Crippen LogP contribution in [-0.4, -0.2) is 20.6 Å². The number of aromatic nitrogens is 2. The molecule has 1 aliphatic carbocycles. The van der Waals surface area contributed by atoms with E-state index in [1.54, 1.807) is 0 Å². The number of nitrogens with one attached hydrogen (secondary N) is 1. The molecular formula is C11H18N2S2. The molecule has 1 aromatic heterocycles. The minimum atomic E-state index is 0.463. The maximum absolute atomic E-state index is 5.33. The van der Waals surface area contributed by atoms with Crippen LogP contribution in [0.5, 0.6) is 0 Å². The molecule has 1 saturated carbocycles. The van der Waals surface area contributed by atoms with Crippen LogP contribution < -0.4 is 0 Å². The normalized spacial score (nSPS) is 18.8. The molecule has 2 rings (SSSR count). The Balaban J connectivity index is 2.22. The van der Waals surface area contributed by atoms with Gasteiger partial charge in [-0.05, 0) is 37.7 Å². The van der Waals surface area contributed by atoms with E-state index in [0.29, 0.717) is 4.75 Å². The zero-order valence-electron chi connectivity index (χ0n) is 9.38. The summed E-state index contributed by atoms with van der Waals surface area (Å²) in [6, 6.07) is 0. The second kappa shape index (κ2) is 4.34. The van der Waals surface area contributed by atoms with E-state index in [0.717, 1.165) is 17.7 Å². The quantitative estimate of drug-likeness (QED) is 0.817. The van der Waals surface area contributed by atoms with Gasteiger partial charge in [0.15, 0.2) is 4.77 Å². The van der Waals surface area contributed by atoms with Crippen molar-refractivity contribution >= 4 is 24.0 Å². The predicted molar refractivity (Wildman–Crippen MR) is 69.1 cm³/mol. The molecule has 1 aromatic rings. The second-order valence-corrected chi connectivity index (χ2v) is 5.93. The van der Waals surface area contributed by atoms with Crippen LogP contribution in [0.4, 0.5) is 0 Å². The first kappa shape index (κ1) is 11.3. The Morgan fingerprint density at radius 2 is 2.33 bits per heavy atom. The number of H-pyrrole nitrogens is 1. The molecule has 0 saturated heterocycles. The Labute approximate surface area is 100 Å². The molecule has 0 aromatic carbocycles. The lowest BCUT2D eigenvalue weighted by molar-refractivity contribution is 0.317. The van der Waals surface area contributed by atoms with Crippen molar-refractivity contribution in [2.24, 2.45) is 0 Å². The monoisotopic (exact) mass is 242 g/mol. The summed E-state index contributed by atoms with van der Waals surface area (Å²) in [6.07, 6.45) is 9.38. The van der Waals surface area contributed by atoms with E-state index < -0.39 is 0 Å². The van der Waals surface area contributed by atoms with Gasteiger partial charge in [-0.2, -0.15) is 11.8 Å². The van der Waals surface area contributed by atoms with E-state index in [1.165, 1.54) is 25.0 Å². The summed E-state index contributed by atoms with van der Waals surface area (Å²) in [4.78, 5) is 3.15. The molecule has 1 heterocycles. The average Bonchev–Trinajstić information content (AvgIpc) is 2.53. The summed E-state index contributed by atoms with van der Waals surface area (Å²) in [7, 11) is 0. The third-order valence-corrected chi connectivity index (χ3v) is 5.20. The molecule has 84 valence electrons. The lowest BCUT2D eigenvalue weighted by atomic mass is 9.84. The highest BCUT2D eigenvalue weighted by molar-refractivity contribution is 8.00. The smallest absolute Gasteiger partial charge is 0.177 e. The first-order valence-corrected chi connectivity index (χ1v) is 7.16. The second-order valence-electron chi connectivity index (χ2n) is 4.27. The van der Waals surface area contributed by atoms with Crippen LogP contribution in [0.25, 0.3) is 0 Å². The van der Waals surface area contributed by atoms with E-state index in [9.17, 15) is 0 Å². The van der Waals surface area contributed by atoms with Crippen LogP contribution in [0, 0.1) is 4.77 Å². The van der Waals surface area contributed by atoms with Crippen molar-refractivity contribution in [3.8, 4) is 0 Å². The SMILES string of the molecule is CCc1c[nH]c(=S)n1CC1(SC)CCC1. The van der Waals surface area contributed by atoms with Gasteiger partial charge >= 0.3 is 0 Å². The van der Waals surface area contributed by atoms with Gasteiger partial charge in [0.05, 0.1) is 0 Å². The van der Waals surface area contributed by atoms with Crippen molar-refractivity contribution in [2.75, 3.05) is 6.26 Å². The van der Waals surface area contributed by atoms with Crippen LogP contribution in [0.3, 0.4) is 0 Å². The van der Waals surface area contributed by atoms with Crippen LogP contribution in [0.1, 0.15) is 31.9 Å². The van der Waals surface area contributed by atoms with Crippen molar-refractivity contribution < 1.29 is 0 Å². The Kier molecular flexibility index (Phi) is 3.26. The number of thioether (sulfide) groups is 1. The van der Waals surface area contributed by atoms with Crippen molar-refractivity contribution in [2.45, 2.75) is 43.9 Å². The van der Waals surface area contributed by atoms with Gasteiger partial charge in [-0.3, -0.25) is 0 Å². The maximum Gasteiger partial charge on any atom is 0.177 e. The Morgan fingerprint density at radius 1 is 1.60 bits per heavy atom. The molecule has 4 heteroatoms. The molecule has 0 unspecified atom stereocenters. The lowest BCUT2D eigenvalue weighted by Crippen LogP contribution is -2.38. The Hall–Kier alpha value is -0.220. The molecule has 0 radical (unpaired) electrons. The highest BCUT2D eigenvalue weighted by Gasteiger charge is 2.36. The van der Waals surface area contributed by atoms with Gasteiger partial charge in [0.25, 0.3) is 0 Å². The van der Waals surface area contributed by atoms with Crippen LogP contribution in [-0.2, 0) is 13.0 Å². The third kappa shape index (κ3) is 2.02. The van der Waals surface area contributed by atoms with Gasteiger partial charge in [-0.1, -0.05) is 13.3 Å². The van der Waals surface area contributed by atoms with Crippen molar-refractivity contribution in [3.63, 3.8) is 0 Å². The van der Waals surface area contributed by atoms with Gasteiger partial charge in [0, 0.05) is 23.2 Å². The molecule has 2 nitrogen and oxygen atoms in total. The predicted octanol–water partition coefficient (Wildman–Crippen LogP) is 3.39. The molecule has 1 fully saturated rings. The van der Waals surface area contributed by atoms with E-state index in [1.807, 2.05) is 11.8 Å². The summed E-state index contributed by atoms with van der Waals surface area (Å²) in [5, 5.41) is 0. The van der Waals surface area contributed by atoms with E-state index in [2.05, 4.69) is 28.9 Å². The molecule has 0 bridgehead atoms. The summed E-state index contributed by atoms with van der Waals surface area (Å²) in [6.45, 7) is 3.26. The number of nitrogens with zero attached hydrogens (tertiary/aromatic N) is 1. The average molecular weight is 242 g/mol. The largest absolute Gasteiger partial charge is 0.337 e. The molecule has 1 aliphatic rings. The van der Waals surface area contributed by atoms with Gasteiger partial charge < -0.3 is 9.55 Å². The summed E-state index contributed by atoms with van der Waals surface area (Å²) in [5.74, 6) is 0. The van der Waals surface area contributed by atoms with Crippen molar-refractivity contribution in [3.05, 3.63) is 16.7 Å². The van der Waals surface area contributed by atoms with Gasteiger partial charge in [0.2, 0.25) is 0 Å². The number of aromatic amines is 1. The van der Waals surface area contributed by atoms with E-state index in [4.69, 9.17) is 12.2 Å². The topological polar surface area (TPSA) is 20.7 Å². The van der Waals surface area contributed by atoms with Gasteiger partial charge in [0.1, 0.15) is 0 Å². The number of aryl methyl sites for hydroxylation is 1. The summed E-state index contributed by atoms with van der Waals surface area (Å²) in [5.41, 5.74) is 1.33. The lowest BCUT2D eigenvalue weighted by Gasteiger charge is -2.41. The molecule has 0 spiro atoms. The number of hydrogen-bond acceptors (Lipinski definition) is 2. The van der Waals surface area contributed by atoms with E-state index >= 15 is 0 Å². The molecule has 0 atom stereocenters. The van der Waals surface area contributed by atoms with Gasteiger partial charge in [-0.15, -0.1) is 0 Å². The highest BCUT2D eigenvalue weighted by atomic mass is 32.2. The highest BCUT2D eigenvalue weighted by Crippen LogP contribution is 2.44. The molecular weight excluding hydrogens is 224 g/mol.